The summed E-state index contributed by atoms with van der Waals surface area (Å²) in [6.45, 7) is 2.15. The van der Waals surface area contributed by atoms with Gasteiger partial charge in [0.05, 0.1) is 6.20 Å². The Labute approximate surface area is 109 Å². The first kappa shape index (κ1) is 12.8. The number of rotatable bonds is 5. The SMILES string of the molecule is CCC(N)(Cc1ccccc1)Cc1cnn(C)c1. The molecule has 0 bridgehead atoms. The molecule has 3 heteroatoms. The molecule has 0 aliphatic rings. The maximum Gasteiger partial charge on any atom is 0.0522 e. The van der Waals surface area contributed by atoms with Crippen LogP contribution in [0.3, 0.4) is 0 Å². The predicted octanol–water partition coefficient (Wildman–Crippen LogP) is 2.31. The molecule has 18 heavy (non-hydrogen) atoms. The maximum absolute atomic E-state index is 6.53. The molecular weight excluding hydrogens is 222 g/mol. The number of nitrogens with zero attached hydrogens (tertiary/aromatic N) is 2. The van der Waals surface area contributed by atoms with E-state index in [-0.39, 0.29) is 5.54 Å². The van der Waals surface area contributed by atoms with E-state index < -0.39 is 0 Å². The van der Waals surface area contributed by atoms with Gasteiger partial charge in [-0.25, -0.2) is 0 Å². The summed E-state index contributed by atoms with van der Waals surface area (Å²) in [7, 11) is 1.94. The number of hydrogen-bond acceptors (Lipinski definition) is 2. The van der Waals surface area contributed by atoms with E-state index in [4.69, 9.17) is 5.73 Å². The molecule has 0 saturated carbocycles. The fourth-order valence-corrected chi connectivity index (χ4v) is 2.28. The Hall–Kier alpha value is -1.61. The fourth-order valence-electron chi connectivity index (χ4n) is 2.28. The van der Waals surface area contributed by atoms with Crippen LogP contribution in [0.5, 0.6) is 0 Å². The highest BCUT2D eigenvalue weighted by Crippen LogP contribution is 2.19. The van der Waals surface area contributed by atoms with Crippen molar-refractivity contribution < 1.29 is 0 Å². The summed E-state index contributed by atoms with van der Waals surface area (Å²) in [5.41, 5.74) is 8.85. The molecule has 1 heterocycles. The van der Waals surface area contributed by atoms with Crippen molar-refractivity contribution >= 4 is 0 Å². The van der Waals surface area contributed by atoms with E-state index >= 15 is 0 Å². The first-order chi connectivity index (χ1) is 8.61. The third-order valence-electron chi connectivity index (χ3n) is 3.42. The van der Waals surface area contributed by atoms with Gasteiger partial charge in [0, 0.05) is 18.8 Å². The second-order valence-electron chi connectivity index (χ2n) is 5.08. The zero-order valence-electron chi connectivity index (χ0n) is 11.1. The normalized spacial score (nSPS) is 14.4. The molecule has 1 aromatic carbocycles. The maximum atomic E-state index is 6.53. The standard InChI is InChI=1S/C15H21N3/c1-3-15(16,9-13-7-5-4-6-8-13)10-14-11-17-18(2)12-14/h4-8,11-12H,3,9-10,16H2,1-2H3. The lowest BCUT2D eigenvalue weighted by molar-refractivity contribution is 0.404. The first-order valence-electron chi connectivity index (χ1n) is 6.42. The lowest BCUT2D eigenvalue weighted by Crippen LogP contribution is -2.43. The Balaban J connectivity index is 2.10. The highest BCUT2D eigenvalue weighted by molar-refractivity contribution is 5.20. The van der Waals surface area contributed by atoms with Gasteiger partial charge in [-0.15, -0.1) is 0 Å². The summed E-state index contributed by atoms with van der Waals surface area (Å²) in [6, 6.07) is 10.4. The van der Waals surface area contributed by atoms with Gasteiger partial charge in [0.25, 0.3) is 0 Å². The highest BCUT2D eigenvalue weighted by Gasteiger charge is 2.24. The van der Waals surface area contributed by atoms with Crippen LogP contribution in [-0.4, -0.2) is 15.3 Å². The Kier molecular flexibility index (Phi) is 3.82. The molecule has 3 nitrogen and oxygen atoms in total. The minimum absolute atomic E-state index is 0.190. The molecule has 2 N–H and O–H groups in total. The molecule has 2 aromatic rings. The molecule has 1 atom stereocenters. The van der Waals surface area contributed by atoms with E-state index in [1.54, 1.807) is 0 Å². The Morgan fingerprint density at radius 2 is 1.83 bits per heavy atom. The number of benzene rings is 1. The van der Waals surface area contributed by atoms with Crippen LogP contribution in [0.2, 0.25) is 0 Å². The van der Waals surface area contributed by atoms with Gasteiger partial charge in [-0.1, -0.05) is 37.3 Å². The van der Waals surface area contributed by atoms with Crippen LogP contribution in [0.15, 0.2) is 42.7 Å². The van der Waals surface area contributed by atoms with E-state index in [0.717, 1.165) is 19.3 Å². The Morgan fingerprint density at radius 3 is 2.39 bits per heavy atom. The third kappa shape index (κ3) is 3.20. The Morgan fingerprint density at radius 1 is 1.17 bits per heavy atom. The fraction of sp³-hybridized carbons (Fsp3) is 0.400. The molecule has 0 radical (unpaired) electrons. The van der Waals surface area contributed by atoms with Crippen molar-refractivity contribution in [3.05, 3.63) is 53.9 Å². The molecule has 0 fully saturated rings. The van der Waals surface area contributed by atoms with Crippen molar-refractivity contribution in [2.75, 3.05) is 0 Å². The first-order valence-corrected chi connectivity index (χ1v) is 6.42. The van der Waals surface area contributed by atoms with Crippen LogP contribution in [0.25, 0.3) is 0 Å². The van der Waals surface area contributed by atoms with Crippen LogP contribution in [0.4, 0.5) is 0 Å². The second-order valence-corrected chi connectivity index (χ2v) is 5.08. The molecule has 0 saturated heterocycles. The Bertz CT molecular complexity index is 489. The highest BCUT2D eigenvalue weighted by atomic mass is 15.2. The van der Waals surface area contributed by atoms with Crippen molar-refractivity contribution in [2.24, 2.45) is 12.8 Å². The summed E-state index contributed by atoms with van der Waals surface area (Å²) in [5, 5.41) is 4.20. The summed E-state index contributed by atoms with van der Waals surface area (Å²) in [6.07, 6.45) is 6.67. The van der Waals surface area contributed by atoms with Gasteiger partial charge >= 0.3 is 0 Å². The number of hydrogen-bond donors (Lipinski definition) is 1. The van der Waals surface area contributed by atoms with E-state index in [1.165, 1.54) is 11.1 Å². The minimum Gasteiger partial charge on any atom is -0.325 e. The van der Waals surface area contributed by atoms with E-state index in [0.29, 0.717) is 0 Å². The van der Waals surface area contributed by atoms with Crippen molar-refractivity contribution in [1.82, 2.24) is 9.78 Å². The molecule has 0 aliphatic carbocycles. The van der Waals surface area contributed by atoms with Crippen molar-refractivity contribution in [3.8, 4) is 0 Å². The molecule has 0 amide bonds. The van der Waals surface area contributed by atoms with Gasteiger partial charge in [0.1, 0.15) is 0 Å². The zero-order valence-corrected chi connectivity index (χ0v) is 11.1. The molecule has 1 unspecified atom stereocenters. The van der Waals surface area contributed by atoms with E-state index in [9.17, 15) is 0 Å². The monoisotopic (exact) mass is 243 g/mol. The van der Waals surface area contributed by atoms with Crippen LogP contribution in [0, 0.1) is 0 Å². The average molecular weight is 243 g/mol. The van der Waals surface area contributed by atoms with Gasteiger partial charge in [0.2, 0.25) is 0 Å². The number of nitrogens with two attached hydrogens (primary N) is 1. The molecule has 96 valence electrons. The second kappa shape index (κ2) is 5.36. The average Bonchev–Trinajstić information content (AvgIpc) is 2.75. The molecule has 0 aliphatic heterocycles. The quantitative estimate of drug-likeness (QED) is 0.875. The van der Waals surface area contributed by atoms with Crippen LogP contribution < -0.4 is 5.73 Å². The van der Waals surface area contributed by atoms with Gasteiger partial charge < -0.3 is 5.73 Å². The number of aryl methyl sites for hydroxylation is 1. The van der Waals surface area contributed by atoms with Crippen LogP contribution >= 0.6 is 0 Å². The summed E-state index contributed by atoms with van der Waals surface area (Å²) < 4.78 is 1.83. The lowest BCUT2D eigenvalue weighted by atomic mass is 9.84. The molecular formula is C15H21N3. The number of aromatic nitrogens is 2. The minimum atomic E-state index is -0.190. The largest absolute Gasteiger partial charge is 0.325 e. The molecule has 2 rings (SSSR count). The van der Waals surface area contributed by atoms with Crippen molar-refractivity contribution in [1.29, 1.82) is 0 Å². The summed E-state index contributed by atoms with van der Waals surface area (Å²) in [4.78, 5) is 0. The smallest absolute Gasteiger partial charge is 0.0522 e. The van der Waals surface area contributed by atoms with E-state index in [1.807, 2.05) is 30.2 Å². The molecule has 0 spiro atoms. The van der Waals surface area contributed by atoms with Gasteiger partial charge in [-0.2, -0.15) is 5.10 Å². The van der Waals surface area contributed by atoms with Crippen molar-refractivity contribution in [3.63, 3.8) is 0 Å². The van der Waals surface area contributed by atoms with Crippen LogP contribution in [0.1, 0.15) is 24.5 Å². The topological polar surface area (TPSA) is 43.8 Å². The van der Waals surface area contributed by atoms with Crippen LogP contribution in [-0.2, 0) is 19.9 Å². The van der Waals surface area contributed by atoms with Crippen molar-refractivity contribution in [2.45, 2.75) is 31.7 Å². The van der Waals surface area contributed by atoms with Gasteiger partial charge in [-0.05, 0) is 30.4 Å². The van der Waals surface area contributed by atoms with E-state index in [2.05, 4.69) is 36.3 Å². The summed E-state index contributed by atoms with van der Waals surface area (Å²) in [5.74, 6) is 0. The third-order valence-corrected chi connectivity index (χ3v) is 3.42. The van der Waals surface area contributed by atoms with Gasteiger partial charge in [-0.3, -0.25) is 4.68 Å². The molecule has 1 aromatic heterocycles. The zero-order chi connectivity index (χ0) is 13.0. The summed E-state index contributed by atoms with van der Waals surface area (Å²) >= 11 is 0. The van der Waals surface area contributed by atoms with Gasteiger partial charge in [0.15, 0.2) is 0 Å². The predicted molar refractivity (Wildman–Crippen MR) is 74.3 cm³/mol. The lowest BCUT2D eigenvalue weighted by Gasteiger charge is -2.28.